The number of anilines is 1. The summed E-state index contributed by atoms with van der Waals surface area (Å²) in [6.45, 7) is 2.89. The van der Waals surface area contributed by atoms with E-state index in [9.17, 15) is 0 Å². The summed E-state index contributed by atoms with van der Waals surface area (Å²) in [5.74, 6) is 2.42. The summed E-state index contributed by atoms with van der Waals surface area (Å²) >= 11 is 3.17. The highest BCUT2D eigenvalue weighted by Gasteiger charge is 2.03. The van der Waals surface area contributed by atoms with Crippen LogP contribution in [0.15, 0.2) is 16.6 Å². The second-order valence-corrected chi connectivity index (χ2v) is 5.28. The van der Waals surface area contributed by atoms with Gasteiger partial charge in [-0.05, 0) is 17.6 Å². The third kappa shape index (κ3) is 2.96. The molecule has 0 fully saturated rings. The first-order valence-electron chi connectivity index (χ1n) is 5.02. The Morgan fingerprint density at radius 3 is 3.06 bits per heavy atom. The molecule has 2 rings (SSSR count). The fourth-order valence-corrected chi connectivity index (χ4v) is 2.86. The van der Waals surface area contributed by atoms with E-state index >= 15 is 0 Å². The van der Waals surface area contributed by atoms with E-state index in [1.807, 2.05) is 10.9 Å². The molecule has 2 aromatic rings. The number of thioether (sulfide) groups is 1. The van der Waals surface area contributed by atoms with E-state index in [4.69, 9.17) is 5.73 Å². The van der Waals surface area contributed by atoms with Crippen LogP contribution in [0.5, 0.6) is 0 Å². The van der Waals surface area contributed by atoms with Crippen LogP contribution in [0.25, 0.3) is 0 Å². The second-order valence-electron chi connectivity index (χ2n) is 3.18. The Morgan fingerprint density at radius 1 is 1.56 bits per heavy atom. The molecule has 0 bridgehead atoms. The molecule has 16 heavy (non-hydrogen) atoms. The molecular formula is C9H13N5S2. The number of hydrogen-bond acceptors (Lipinski definition) is 6. The Kier molecular flexibility index (Phi) is 3.79. The van der Waals surface area contributed by atoms with Gasteiger partial charge in [0.05, 0.1) is 6.54 Å². The van der Waals surface area contributed by atoms with Crippen LogP contribution in [0.2, 0.25) is 0 Å². The van der Waals surface area contributed by atoms with Crippen molar-refractivity contribution >= 4 is 29.1 Å². The van der Waals surface area contributed by atoms with Gasteiger partial charge in [0.2, 0.25) is 0 Å². The van der Waals surface area contributed by atoms with Gasteiger partial charge < -0.3 is 5.73 Å². The molecule has 0 saturated heterocycles. The number of nitrogens with two attached hydrogens (primary N) is 1. The molecule has 0 aliphatic heterocycles. The molecule has 7 heteroatoms. The number of aromatic nitrogens is 4. The molecule has 2 aromatic heterocycles. The Labute approximate surface area is 102 Å². The van der Waals surface area contributed by atoms with Gasteiger partial charge in [-0.15, -0.1) is 0 Å². The lowest BCUT2D eigenvalue weighted by Crippen LogP contribution is -2.01. The van der Waals surface area contributed by atoms with Crippen LogP contribution in [0.1, 0.15) is 12.7 Å². The molecule has 0 atom stereocenters. The summed E-state index contributed by atoms with van der Waals surface area (Å²) in [5.41, 5.74) is 5.52. The number of nitrogen functional groups attached to an aromatic ring is 1. The minimum absolute atomic E-state index is 0.564. The zero-order chi connectivity index (χ0) is 11.4. The van der Waals surface area contributed by atoms with Gasteiger partial charge in [-0.1, -0.05) is 18.7 Å². The van der Waals surface area contributed by atoms with Gasteiger partial charge in [0.25, 0.3) is 0 Å². The van der Waals surface area contributed by atoms with Crippen molar-refractivity contribution in [2.24, 2.45) is 0 Å². The summed E-state index contributed by atoms with van der Waals surface area (Å²) in [6.07, 6.45) is 2.78. The second kappa shape index (κ2) is 5.31. The molecular weight excluding hydrogens is 242 g/mol. The third-order valence-electron chi connectivity index (χ3n) is 1.97. The zero-order valence-corrected chi connectivity index (χ0v) is 10.6. The first-order chi connectivity index (χ1) is 7.78. The SMILES string of the molecule is CCc1nsc(SCCn2ccc(N)n2)n1. The van der Waals surface area contributed by atoms with E-state index in [0.29, 0.717) is 5.82 Å². The molecule has 0 unspecified atom stereocenters. The molecule has 2 N–H and O–H groups in total. The lowest BCUT2D eigenvalue weighted by atomic mass is 10.5. The molecule has 0 amide bonds. The number of hydrogen-bond donors (Lipinski definition) is 1. The summed E-state index contributed by atoms with van der Waals surface area (Å²) in [7, 11) is 0. The van der Waals surface area contributed by atoms with Gasteiger partial charge >= 0.3 is 0 Å². The standard InChI is InChI=1S/C9H13N5S2/c1-2-8-11-9(16-13-8)15-6-5-14-4-3-7(10)12-14/h3-4H,2,5-6H2,1H3,(H2,10,12). The van der Waals surface area contributed by atoms with Crippen LogP contribution in [-0.4, -0.2) is 24.9 Å². The van der Waals surface area contributed by atoms with Gasteiger partial charge in [0.15, 0.2) is 4.34 Å². The highest BCUT2D eigenvalue weighted by atomic mass is 32.2. The first-order valence-corrected chi connectivity index (χ1v) is 6.78. The maximum absolute atomic E-state index is 5.52. The molecule has 86 valence electrons. The van der Waals surface area contributed by atoms with Crippen LogP contribution in [0.3, 0.4) is 0 Å². The fraction of sp³-hybridized carbons (Fsp3) is 0.444. The fourth-order valence-electron chi connectivity index (χ4n) is 1.17. The van der Waals surface area contributed by atoms with Crippen molar-refractivity contribution in [1.82, 2.24) is 19.1 Å². The molecule has 0 spiro atoms. The highest BCUT2D eigenvalue weighted by Crippen LogP contribution is 2.20. The number of rotatable bonds is 5. The Morgan fingerprint density at radius 2 is 2.44 bits per heavy atom. The van der Waals surface area contributed by atoms with E-state index < -0.39 is 0 Å². The third-order valence-corrected chi connectivity index (χ3v) is 3.82. The molecule has 0 aliphatic carbocycles. The maximum atomic E-state index is 5.52. The number of aryl methyl sites for hydroxylation is 2. The van der Waals surface area contributed by atoms with Gasteiger partial charge in [0, 0.05) is 18.4 Å². The minimum Gasteiger partial charge on any atom is -0.382 e. The topological polar surface area (TPSA) is 69.6 Å². The van der Waals surface area contributed by atoms with E-state index in [2.05, 4.69) is 21.4 Å². The van der Waals surface area contributed by atoms with Crippen molar-refractivity contribution in [3.05, 3.63) is 18.1 Å². The quantitative estimate of drug-likeness (QED) is 0.823. The van der Waals surface area contributed by atoms with Crippen molar-refractivity contribution < 1.29 is 0 Å². The van der Waals surface area contributed by atoms with Gasteiger partial charge in [-0.3, -0.25) is 4.68 Å². The molecule has 5 nitrogen and oxygen atoms in total. The van der Waals surface area contributed by atoms with Crippen molar-refractivity contribution in [3.63, 3.8) is 0 Å². The largest absolute Gasteiger partial charge is 0.382 e. The van der Waals surface area contributed by atoms with E-state index in [0.717, 1.165) is 28.9 Å². The minimum atomic E-state index is 0.564. The van der Waals surface area contributed by atoms with Gasteiger partial charge in [-0.25, -0.2) is 4.98 Å². The van der Waals surface area contributed by atoms with Crippen molar-refractivity contribution in [2.45, 2.75) is 24.2 Å². The molecule has 0 radical (unpaired) electrons. The summed E-state index contributed by atoms with van der Waals surface area (Å²) in [6, 6.07) is 1.80. The van der Waals surface area contributed by atoms with E-state index in [-0.39, 0.29) is 0 Å². The smallest absolute Gasteiger partial charge is 0.170 e. The van der Waals surface area contributed by atoms with E-state index in [1.54, 1.807) is 17.8 Å². The predicted molar refractivity (Wildman–Crippen MR) is 66.7 cm³/mol. The van der Waals surface area contributed by atoms with Crippen molar-refractivity contribution in [1.29, 1.82) is 0 Å². The van der Waals surface area contributed by atoms with Crippen LogP contribution in [0.4, 0.5) is 5.82 Å². The van der Waals surface area contributed by atoms with E-state index in [1.165, 1.54) is 11.5 Å². The zero-order valence-electron chi connectivity index (χ0n) is 8.96. The molecule has 0 aliphatic rings. The monoisotopic (exact) mass is 255 g/mol. The van der Waals surface area contributed by atoms with Crippen molar-refractivity contribution in [3.8, 4) is 0 Å². The van der Waals surface area contributed by atoms with Crippen LogP contribution in [0, 0.1) is 0 Å². The van der Waals surface area contributed by atoms with Gasteiger partial charge in [0.1, 0.15) is 11.6 Å². The average molecular weight is 255 g/mol. The van der Waals surface area contributed by atoms with Gasteiger partial charge in [-0.2, -0.15) is 9.47 Å². The number of nitrogens with zero attached hydrogens (tertiary/aromatic N) is 4. The summed E-state index contributed by atoms with van der Waals surface area (Å²) < 4.78 is 7.09. The summed E-state index contributed by atoms with van der Waals surface area (Å²) in [5, 5.41) is 4.11. The Balaban J connectivity index is 1.79. The molecule has 0 saturated carbocycles. The Hall–Kier alpha value is -1.08. The molecule has 2 heterocycles. The van der Waals surface area contributed by atoms with Crippen LogP contribution >= 0.6 is 23.3 Å². The maximum Gasteiger partial charge on any atom is 0.170 e. The highest BCUT2D eigenvalue weighted by molar-refractivity contribution is 8.00. The first kappa shape index (κ1) is 11.4. The lowest BCUT2D eigenvalue weighted by Gasteiger charge is -1.98. The predicted octanol–water partition coefficient (Wildman–Crippen LogP) is 1.67. The van der Waals surface area contributed by atoms with Crippen molar-refractivity contribution in [2.75, 3.05) is 11.5 Å². The van der Waals surface area contributed by atoms with Crippen LogP contribution in [-0.2, 0) is 13.0 Å². The summed E-state index contributed by atoms with van der Waals surface area (Å²) in [4.78, 5) is 4.38. The normalized spacial score (nSPS) is 10.8. The molecule has 0 aromatic carbocycles. The van der Waals surface area contributed by atoms with Crippen LogP contribution < -0.4 is 5.73 Å². The average Bonchev–Trinajstić information content (AvgIpc) is 2.88. The Bertz CT molecular complexity index is 450. The lowest BCUT2D eigenvalue weighted by molar-refractivity contribution is 0.669.